The molecule has 2 aliphatic rings. The van der Waals surface area contributed by atoms with Gasteiger partial charge in [0.1, 0.15) is 0 Å². The second-order valence-electron chi connectivity index (χ2n) is 6.50. The summed E-state index contributed by atoms with van der Waals surface area (Å²) < 4.78 is 0. The Morgan fingerprint density at radius 2 is 2.00 bits per heavy atom. The highest BCUT2D eigenvalue weighted by atomic mass is 32.2. The van der Waals surface area contributed by atoms with E-state index < -0.39 is 0 Å². The minimum Gasteiger partial charge on any atom is -0.370 e. The van der Waals surface area contributed by atoms with Crippen LogP contribution in [-0.2, 0) is 9.59 Å². The van der Waals surface area contributed by atoms with Gasteiger partial charge in [0.25, 0.3) is 0 Å². The highest BCUT2D eigenvalue weighted by Crippen LogP contribution is 2.35. The van der Waals surface area contributed by atoms with E-state index in [9.17, 15) is 9.59 Å². The minimum absolute atomic E-state index is 0.117. The zero-order valence-electron chi connectivity index (χ0n) is 14.1. The van der Waals surface area contributed by atoms with E-state index in [1.165, 1.54) is 0 Å². The summed E-state index contributed by atoms with van der Waals surface area (Å²) in [5.41, 5.74) is 10.8. The lowest BCUT2D eigenvalue weighted by Crippen LogP contribution is -2.38. The van der Waals surface area contributed by atoms with Crippen molar-refractivity contribution in [3.05, 3.63) is 0 Å². The third kappa shape index (κ3) is 6.22. The van der Waals surface area contributed by atoms with E-state index in [1.807, 2.05) is 11.8 Å². The van der Waals surface area contributed by atoms with Crippen LogP contribution in [0.25, 0.3) is 0 Å². The molecule has 0 aliphatic carbocycles. The first-order valence-corrected chi connectivity index (χ1v) is 9.87. The first-order chi connectivity index (χ1) is 11.6. The van der Waals surface area contributed by atoms with E-state index in [-0.39, 0.29) is 11.8 Å². The predicted molar refractivity (Wildman–Crippen MR) is 97.7 cm³/mol. The largest absolute Gasteiger partial charge is 0.370 e. The number of primary amides is 1. The van der Waals surface area contributed by atoms with E-state index in [0.717, 1.165) is 44.3 Å². The second kappa shape index (κ2) is 9.76. The van der Waals surface area contributed by atoms with Crippen LogP contribution in [0.5, 0.6) is 0 Å². The number of thioether (sulfide) groups is 1. The summed E-state index contributed by atoms with van der Waals surface area (Å²) in [6.07, 6.45) is 6.67. The average Bonchev–Trinajstić information content (AvgIpc) is 3.06. The van der Waals surface area contributed by atoms with Crippen molar-refractivity contribution in [1.29, 1.82) is 0 Å². The zero-order valence-corrected chi connectivity index (χ0v) is 14.9. The molecular formula is C16H29N5O2S. The van der Waals surface area contributed by atoms with Crippen molar-refractivity contribution in [2.75, 3.05) is 12.3 Å². The summed E-state index contributed by atoms with van der Waals surface area (Å²) in [7, 11) is 0. The third-order valence-electron chi connectivity index (χ3n) is 4.47. The molecule has 0 saturated carbocycles. The number of hydrogen-bond acceptors (Lipinski definition) is 6. The van der Waals surface area contributed by atoms with Gasteiger partial charge in [0, 0.05) is 30.4 Å². The van der Waals surface area contributed by atoms with Gasteiger partial charge in [-0.3, -0.25) is 9.59 Å². The number of amides is 2. The molecule has 0 aromatic rings. The SMILES string of the molecule is NC(=O)CCCCCNC(=O)CCCC[C@@H]1SC[C@@H]2NC(N)=N[C@@H]21. The molecule has 8 heteroatoms. The number of carbonyl (C=O) groups is 2. The highest BCUT2D eigenvalue weighted by Gasteiger charge is 2.39. The fourth-order valence-corrected chi connectivity index (χ4v) is 4.69. The number of fused-ring (bicyclic) bond motifs is 1. The Labute approximate surface area is 147 Å². The van der Waals surface area contributed by atoms with E-state index in [2.05, 4.69) is 15.6 Å². The maximum Gasteiger partial charge on any atom is 0.219 e. The van der Waals surface area contributed by atoms with Gasteiger partial charge in [-0.1, -0.05) is 12.8 Å². The quantitative estimate of drug-likeness (QED) is 0.402. The number of rotatable bonds is 11. The number of guanidine groups is 1. The molecule has 0 aromatic carbocycles. The molecule has 136 valence electrons. The van der Waals surface area contributed by atoms with Crippen LogP contribution in [0.2, 0.25) is 0 Å². The van der Waals surface area contributed by atoms with Crippen molar-refractivity contribution in [3.63, 3.8) is 0 Å². The van der Waals surface area contributed by atoms with Crippen LogP contribution >= 0.6 is 11.8 Å². The Hall–Kier alpha value is -1.44. The highest BCUT2D eigenvalue weighted by molar-refractivity contribution is 8.00. The Balaban J connectivity index is 1.46. The van der Waals surface area contributed by atoms with Crippen LogP contribution in [0.3, 0.4) is 0 Å². The molecule has 1 saturated heterocycles. The molecule has 0 bridgehead atoms. The van der Waals surface area contributed by atoms with Gasteiger partial charge in [0.2, 0.25) is 11.8 Å². The van der Waals surface area contributed by atoms with E-state index >= 15 is 0 Å². The van der Waals surface area contributed by atoms with Crippen LogP contribution in [0.4, 0.5) is 0 Å². The van der Waals surface area contributed by atoms with Crippen molar-refractivity contribution < 1.29 is 9.59 Å². The molecule has 2 amide bonds. The molecule has 0 radical (unpaired) electrons. The molecule has 2 rings (SSSR count). The Bertz CT molecular complexity index is 471. The van der Waals surface area contributed by atoms with Crippen LogP contribution in [0.1, 0.15) is 51.4 Å². The van der Waals surface area contributed by atoms with Crippen LogP contribution < -0.4 is 22.1 Å². The average molecular weight is 356 g/mol. The second-order valence-corrected chi connectivity index (χ2v) is 7.77. The third-order valence-corrected chi connectivity index (χ3v) is 5.96. The Morgan fingerprint density at radius 3 is 2.79 bits per heavy atom. The summed E-state index contributed by atoms with van der Waals surface area (Å²) in [4.78, 5) is 26.8. The van der Waals surface area contributed by atoms with Crippen LogP contribution in [-0.4, -0.2) is 47.4 Å². The van der Waals surface area contributed by atoms with E-state index in [0.29, 0.717) is 42.7 Å². The summed E-state index contributed by atoms with van der Waals surface area (Å²) in [5.74, 6) is 1.50. The minimum atomic E-state index is -0.257. The number of nitrogens with one attached hydrogen (secondary N) is 2. The van der Waals surface area contributed by atoms with Gasteiger partial charge >= 0.3 is 0 Å². The monoisotopic (exact) mass is 355 g/mol. The van der Waals surface area contributed by atoms with Crippen LogP contribution in [0.15, 0.2) is 4.99 Å². The number of carbonyl (C=O) groups excluding carboxylic acids is 2. The molecule has 0 aromatic heterocycles. The van der Waals surface area contributed by atoms with Gasteiger partial charge in [-0.2, -0.15) is 11.8 Å². The fourth-order valence-electron chi connectivity index (χ4n) is 3.17. The first kappa shape index (κ1) is 18.9. The van der Waals surface area contributed by atoms with Gasteiger partial charge < -0.3 is 22.1 Å². The number of aliphatic imine (C=N–C) groups is 1. The molecular weight excluding hydrogens is 326 g/mol. The predicted octanol–water partition coefficient (Wildman–Crippen LogP) is 0.479. The van der Waals surface area contributed by atoms with Gasteiger partial charge in [-0.25, -0.2) is 4.99 Å². The lowest BCUT2D eigenvalue weighted by Gasteiger charge is -2.14. The summed E-state index contributed by atoms with van der Waals surface area (Å²) in [6, 6.07) is 0.710. The van der Waals surface area contributed by atoms with Crippen molar-refractivity contribution in [2.45, 2.75) is 68.7 Å². The molecule has 6 N–H and O–H groups in total. The molecule has 0 unspecified atom stereocenters. The molecule has 1 fully saturated rings. The molecule has 2 heterocycles. The number of hydrogen-bond donors (Lipinski definition) is 4. The topological polar surface area (TPSA) is 123 Å². The summed E-state index contributed by atoms with van der Waals surface area (Å²) in [6.45, 7) is 0.680. The number of nitrogens with zero attached hydrogens (tertiary/aromatic N) is 1. The standard InChI is InChI=1S/C16H29N5O2S/c17-13(22)7-2-1-5-9-19-14(23)8-4-3-6-12-15-11(10-24-12)20-16(18)21-15/h11-12,15H,1-10H2,(H2,17,22)(H,19,23)(H3,18,20,21)/t11-,12-,15-/m0/s1. The van der Waals surface area contributed by atoms with Gasteiger partial charge in [-0.05, 0) is 25.7 Å². The Kier molecular flexibility index (Phi) is 7.68. The normalized spacial score (nSPS) is 25.0. The number of unbranched alkanes of at least 4 members (excludes halogenated alkanes) is 3. The van der Waals surface area contributed by atoms with Crippen molar-refractivity contribution in [2.24, 2.45) is 16.5 Å². The van der Waals surface area contributed by atoms with Crippen molar-refractivity contribution in [3.8, 4) is 0 Å². The van der Waals surface area contributed by atoms with Crippen molar-refractivity contribution in [1.82, 2.24) is 10.6 Å². The molecule has 0 spiro atoms. The number of nitrogens with two attached hydrogens (primary N) is 2. The van der Waals surface area contributed by atoms with Gasteiger partial charge in [0.05, 0.1) is 12.1 Å². The maximum atomic E-state index is 11.8. The first-order valence-electron chi connectivity index (χ1n) is 8.82. The molecule has 24 heavy (non-hydrogen) atoms. The van der Waals surface area contributed by atoms with Gasteiger partial charge in [0.15, 0.2) is 5.96 Å². The zero-order chi connectivity index (χ0) is 17.4. The Morgan fingerprint density at radius 1 is 1.21 bits per heavy atom. The van der Waals surface area contributed by atoms with E-state index in [4.69, 9.17) is 11.5 Å². The fraction of sp³-hybridized carbons (Fsp3) is 0.812. The molecule has 7 nitrogen and oxygen atoms in total. The lowest BCUT2D eigenvalue weighted by molar-refractivity contribution is -0.121. The van der Waals surface area contributed by atoms with Crippen LogP contribution in [0, 0.1) is 0 Å². The lowest BCUT2D eigenvalue weighted by atomic mass is 10.0. The summed E-state index contributed by atoms with van der Waals surface area (Å²) >= 11 is 1.96. The van der Waals surface area contributed by atoms with Crippen molar-refractivity contribution >= 4 is 29.5 Å². The smallest absolute Gasteiger partial charge is 0.219 e. The van der Waals surface area contributed by atoms with E-state index in [1.54, 1.807) is 0 Å². The summed E-state index contributed by atoms with van der Waals surface area (Å²) in [5, 5.41) is 6.67. The molecule has 3 atom stereocenters. The van der Waals surface area contributed by atoms with Gasteiger partial charge in [-0.15, -0.1) is 0 Å². The maximum absolute atomic E-state index is 11.8. The molecule has 2 aliphatic heterocycles.